The molecule has 15 nitrogen and oxygen atoms in total. The van der Waals surface area contributed by atoms with Crippen molar-refractivity contribution >= 4 is 29.5 Å². The van der Waals surface area contributed by atoms with Gasteiger partial charge in [-0.05, 0) is 178 Å². The van der Waals surface area contributed by atoms with Crippen LogP contribution in [0.2, 0.25) is 0 Å². The average molecular weight is 1470 g/mol. The summed E-state index contributed by atoms with van der Waals surface area (Å²) < 4.78 is 132. The third-order valence-corrected chi connectivity index (χ3v) is 19.5. The van der Waals surface area contributed by atoms with Crippen molar-refractivity contribution in [3.8, 4) is 0 Å². The highest BCUT2D eigenvalue weighted by Gasteiger charge is 2.36. The zero-order valence-corrected chi connectivity index (χ0v) is 58.3. The molecule has 0 spiro atoms. The van der Waals surface area contributed by atoms with E-state index in [1.807, 2.05) is 71.1 Å². The summed E-state index contributed by atoms with van der Waals surface area (Å²) in [6, 6.07) is 36.0. The second kappa shape index (κ2) is 35.5. The van der Waals surface area contributed by atoms with Crippen molar-refractivity contribution in [2.45, 2.75) is 108 Å². The Bertz CT molecular complexity index is 4750. The summed E-state index contributed by atoms with van der Waals surface area (Å²) in [5.74, 6) is -9.73. The van der Waals surface area contributed by atoms with Crippen molar-refractivity contribution in [2.75, 3.05) is 32.7 Å². The molecule has 5 saturated heterocycles. The maximum absolute atomic E-state index is 13.6. The van der Waals surface area contributed by atoms with E-state index < -0.39 is 46.6 Å². The number of amides is 5. The van der Waals surface area contributed by atoms with E-state index in [4.69, 9.17) is 0 Å². The van der Waals surface area contributed by atoms with Crippen LogP contribution in [0.5, 0.6) is 0 Å². The fourth-order valence-corrected chi connectivity index (χ4v) is 13.5. The van der Waals surface area contributed by atoms with Crippen LogP contribution in [-0.2, 0) is 56.7 Å². The van der Waals surface area contributed by atoms with Crippen molar-refractivity contribution in [3.63, 3.8) is 0 Å². The second-order valence-electron chi connectivity index (χ2n) is 26.9. The van der Waals surface area contributed by atoms with Crippen LogP contribution in [0, 0.1) is 72.0 Å². The van der Waals surface area contributed by atoms with E-state index >= 15 is 0 Å². The first-order valence-electron chi connectivity index (χ1n) is 34.6. The summed E-state index contributed by atoms with van der Waals surface area (Å²) in [7, 11) is 0. The highest BCUT2D eigenvalue weighted by molar-refractivity contribution is 5.82. The Kier molecular flexibility index (Phi) is 25.4. The first-order valence-corrected chi connectivity index (χ1v) is 34.6. The molecule has 5 unspecified atom stereocenters. The lowest BCUT2D eigenvalue weighted by atomic mass is 9.98. The number of aryl methyl sites for hydroxylation is 2. The van der Waals surface area contributed by atoms with Crippen LogP contribution in [0.15, 0.2) is 201 Å². The zero-order chi connectivity index (χ0) is 75.8. The normalized spacial score (nSPS) is 18.2. The summed E-state index contributed by atoms with van der Waals surface area (Å²) in [5.41, 5.74) is 10.1. The molecule has 0 aliphatic carbocycles. The van der Waals surface area contributed by atoms with Crippen molar-refractivity contribution in [1.82, 2.24) is 49.4 Å². The van der Waals surface area contributed by atoms with E-state index in [1.54, 1.807) is 84.7 Å². The number of likely N-dealkylation sites (tertiary alicyclic amines) is 5. The van der Waals surface area contributed by atoms with E-state index in [0.717, 1.165) is 80.5 Å². The van der Waals surface area contributed by atoms with E-state index in [2.05, 4.69) is 24.9 Å². The van der Waals surface area contributed by atoms with Crippen molar-refractivity contribution in [1.29, 1.82) is 0 Å². The highest BCUT2D eigenvalue weighted by atomic mass is 19.2. The molecular weight excluding hydrogens is 1390 g/mol. The minimum absolute atomic E-state index is 0.0389. The molecule has 5 aliphatic heterocycles. The molecule has 5 aromatic heterocycles. The van der Waals surface area contributed by atoms with E-state index in [0.29, 0.717) is 82.7 Å². The molecule has 25 heteroatoms. The molecule has 107 heavy (non-hydrogen) atoms. The van der Waals surface area contributed by atoms with Gasteiger partial charge in [0, 0.05) is 188 Å². The molecule has 0 bridgehead atoms. The fraction of sp³-hybridized carbons (Fsp3) is 0.268. The number of halogens is 10. The summed E-state index contributed by atoms with van der Waals surface area (Å²) in [6.45, 7) is 8.78. The van der Waals surface area contributed by atoms with Crippen LogP contribution in [0.3, 0.4) is 0 Å². The molecule has 0 saturated carbocycles. The minimum Gasteiger partial charge on any atom is -0.338 e. The predicted molar refractivity (Wildman–Crippen MR) is 376 cm³/mol. The van der Waals surface area contributed by atoms with Gasteiger partial charge in [-0.25, -0.2) is 43.9 Å². The number of carbonyl (C=O) groups is 5. The summed E-state index contributed by atoms with van der Waals surface area (Å²) in [6.07, 6.45) is 17.9. The Balaban J connectivity index is 0.000000133. The van der Waals surface area contributed by atoms with Gasteiger partial charge in [-0.15, -0.1) is 0 Å². The number of pyridine rings is 5. The van der Waals surface area contributed by atoms with Gasteiger partial charge in [-0.1, -0.05) is 36.4 Å². The summed E-state index contributed by atoms with van der Waals surface area (Å²) in [5, 5.41) is 0. The number of nitrogens with zero attached hydrogens (tertiary/aromatic N) is 10. The maximum atomic E-state index is 13.6. The van der Waals surface area contributed by atoms with Crippen LogP contribution in [0.4, 0.5) is 43.9 Å². The summed E-state index contributed by atoms with van der Waals surface area (Å²) in [4.78, 5) is 88.7. The topological polar surface area (TPSA) is 166 Å². The van der Waals surface area contributed by atoms with Crippen LogP contribution in [-0.4, -0.2) is 112 Å². The molecular formula is C82H74F10N10O5. The smallest absolute Gasteiger partial charge is 0.223 e. The van der Waals surface area contributed by atoms with Gasteiger partial charge in [0.1, 0.15) is 23.3 Å². The van der Waals surface area contributed by atoms with Crippen molar-refractivity contribution in [3.05, 3.63) is 326 Å². The van der Waals surface area contributed by atoms with Gasteiger partial charge in [0.2, 0.25) is 29.5 Å². The van der Waals surface area contributed by atoms with Crippen LogP contribution < -0.4 is 0 Å². The van der Waals surface area contributed by atoms with Crippen LogP contribution >= 0.6 is 0 Å². The fourth-order valence-electron chi connectivity index (χ4n) is 13.5. The second-order valence-corrected chi connectivity index (χ2v) is 26.9. The molecule has 0 radical (unpaired) electrons. The zero-order valence-electron chi connectivity index (χ0n) is 58.3. The minimum atomic E-state index is -1.53. The van der Waals surface area contributed by atoms with Gasteiger partial charge >= 0.3 is 0 Å². The van der Waals surface area contributed by atoms with Gasteiger partial charge in [-0.3, -0.25) is 48.9 Å². The first-order chi connectivity index (χ1) is 51.5. The molecule has 5 aromatic carbocycles. The highest BCUT2D eigenvalue weighted by Crippen LogP contribution is 2.36. The largest absolute Gasteiger partial charge is 0.338 e. The lowest BCUT2D eigenvalue weighted by Gasteiger charge is -2.18. The van der Waals surface area contributed by atoms with Gasteiger partial charge in [-0.2, -0.15) is 0 Å². The number of benzene rings is 5. The Hall–Kier alpha value is -11.5. The van der Waals surface area contributed by atoms with E-state index in [9.17, 15) is 67.9 Å². The van der Waals surface area contributed by atoms with E-state index in [-0.39, 0.29) is 102 Å². The number of hydrogen-bond donors (Lipinski definition) is 0. The van der Waals surface area contributed by atoms with Gasteiger partial charge < -0.3 is 24.5 Å². The lowest BCUT2D eigenvalue weighted by Crippen LogP contribution is -2.25. The predicted octanol–water partition coefficient (Wildman–Crippen LogP) is 15.0. The third kappa shape index (κ3) is 20.3. The van der Waals surface area contributed by atoms with Crippen LogP contribution in [0.25, 0.3) is 0 Å². The molecule has 10 aromatic rings. The SMILES string of the molecule is Cc1cnccc1CN1CC(c2ccc(F)cc2)CC1=O.Cc1cnccc1CN1CC(c2cccc(F)c2)CC1=O.O=C1CC(c2cc(F)c(F)c(F)c2)CN1Cc1ccncc1.O=C1CC(c2cc(F)c(F)c(F)c2)CN1Cc1ccncc1F.O=C1CC(c2cccc(F)c2)CN1Cc1ccncc1. The number of rotatable bonds is 15. The van der Waals surface area contributed by atoms with Crippen molar-refractivity contribution < 1.29 is 67.9 Å². The Morgan fingerprint density at radius 1 is 0.299 bits per heavy atom. The average Bonchev–Trinajstić information content (AvgIpc) is 1.81. The number of hydrogen-bond acceptors (Lipinski definition) is 10. The molecule has 5 fully saturated rings. The Labute approximate surface area is 611 Å². The summed E-state index contributed by atoms with van der Waals surface area (Å²) >= 11 is 0. The van der Waals surface area contributed by atoms with Gasteiger partial charge in [0.15, 0.2) is 34.9 Å². The molecule has 15 rings (SSSR count). The van der Waals surface area contributed by atoms with Gasteiger partial charge in [0.25, 0.3) is 0 Å². The molecule has 10 heterocycles. The first kappa shape index (κ1) is 76.6. The quantitative estimate of drug-likeness (QED) is 0.0712. The van der Waals surface area contributed by atoms with E-state index in [1.165, 1.54) is 53.6 Å². The van der Waals surface area contributed by atoms with Crippen molar-refractivity contribution in [2.24, 2.45) is 0 Å². The monoisotopic (exact) mass is 1470 g/mol. The maximum Gasteiger partial charge on any atom is 0.223 e. The number of carbonyl (C=O) groups excluding carboxylic acids is 5. The van der Waals surface area contributed by atoms with Gasteiger partial charge in [0.05, 0.1) is 6.20 Å². The molecule has 5 aliphatic rings. The molecule has 5 atom stereocenters. The number of aromatic nitrogens is 5. The third-order valence-electron chi connectivity index (χ3n) is 19.5. The standard InChI is InChI=1S/2C17H17FN2O.C16H12F4N2O.C16H13F3N2O.C16H15FN2O/c1-12-9-19-7-6-14(12)10-20-11-15(8-17(20)21)13-2-4-16(18)5-3-13;1-12-9-19-6-5-14(12)10-20-11-15(8-17(20)21)13-3-2-4-16(18)7-13;17-12-3-10(4-13(18)16(12)20)11-5-15(23)22(8-11)7-9-1-2-21-6-14(9)19;17-13-5-11(6-14(18)16(13)19)12-7-15(22)21(9-12)8-10-1-3-20-4-2-10;17-15-3-1-2-13(8-15)14-9-16(20)19(11-14)10-12-4-6-18-7-5-12/h2*2-7,9,15H,8,10-11H2,1H3;1-4,6,11H,5,7-8H2;1-6,12H,7-9H2;1-8,14H,9-11H2. The van der Waals surface area contributed by atoms with Crippen LogP contribution in [0.1, 0.15) is 128 Å². The lowest BCUT2D eigenvalue weighted by molar-refractivity contribution is -0.129. The Morgan fingerprint density at radius 3 is 0.953 bits per heavy atom. The molecule has 5 amide bonds. The Morgan fingerprint density at radius 2 is 0.607 bits per heavy atom. The molecule has 0 N–H and O–H groups in total. The molecule has 552 valence electrons.